The Morgan fingerprint density at radius 3 is 2.80 bits per heavy atom. The maximum absolute atomic E-state index is 11.3. The van der Waals surface area contributed by atoms with E-state index in [9.17, 15) is 4.79 Å². The summed E-state index contributed by atoms with van der Waals surface area (Å²) < 4.78 is 0. The average molecular weight is 242 g/mol. The molecule has 0 aromatic heterocycles. The Balaban J connectivity index is 2.65. The second kappa shape index (κ2) is 5.65. The van der Waals surface area contributed by atoms with Gasteiger partial charge in [-0.25, -0.2) is 0 Å². The lowest BCUT2D eigenvalue weighted by atomic mass is 10.2. The first-order chi connectivity index (χ1) is 7.13. The van der Waals surface area contributed by atoms with E-state index < -0.39 is 0 Å². The number of anilines is 1. The van der Waals surface area contributed by atoms with Crippen LogP contribution in [0.1, 0.15) is 12.8 Å². The van der Waals surface area contributed by atoms with Crippen molar-refractivity contribution in [2.75, 3.05) is 5.32 Å². The predicted molar refractivity (Wildman–Crippen MR) is 63.2 cm³/mol. The molecular weight excluding hydrogens is 233 g/mol. The zero-order chi connectivity index (χ0) is 11.3. The lowest BCUT2D eigenvalue weighted by Gasteiger charge is -2.06. The van der Waals surface area contributed by atoms with Gasteiger partial charge in [0.1, 0.15) is 0 Å². The van der Waals surface area contributed by atoms with E-state index in [2.05, 4.69) is 11.2 Å². The summed E-state index contributed by atoms with van der Waals surface area (Å²) in [6.07, 6.45) is 5.75. The van der Waals surface area contributed by atoms with Crippen molar-refractivity contribution in [2.24, 2.45) is 0 Å². The predicted octanol–water partition coefficient (Wildman–Crippen LogP) is 3.35. The summed E-state index contributed by atoms with van der Waals surface area (Å²) in [5.41, 5.74) is 0.545. The molecule has 1 aromatic rings. The van der Waals surface area contributed by atoms with E-state index in [4.69, 9.17) is 29.6 Å². The number of carbonyl (C=O) groups excluding carboxylic acids is 1. The van der Waals surface area contributed by atoms with E-state index >= 15 is 0 Å². The first kappa shape index (κ1) is 11.9. The Bertz CT molecular complexity index is 410. The van der Waals surface area contributed by atoms with Crippen LogP contribution in [0.15, 0.2) is 18.2 Å². The molecule has 0 saturated heterocycles. The molecule has 1 N–H and O–H groups in total. The number of carbonyl (C=O) groups is 1. The van der Waals surface area contributed by atoms with Gasteiger partial charge < -0.3 is 5.32 Å². The summed E-state index contributed by atoms with van der Waals surface area (Å²) in [7, 11) is 0. The minimum atomic E-state index is -0.155. The van der Waals surface area contributed by atoms with Crippen LogP contribution in [0.25, 0.3) is 0 Å². The molecule has 0 heterocycles. The highest BCUT2D eigenvalue weighted by Gasteiger charge is 2.05. The lowest BCUT2D eigenvalue weighted by Crippen LogP contribution is -2.10. The number of hydrogen-bond donors (Lipinski definition) is 1. The van der Waals surface area contributed by atoms with Crippen molar-refractivity contribution < 1.29 is 4.79 Å². The van der Waals surface area contributed by atoms with Crippen molar-refractivity contribution in [3.63, 3.8) is 0 Å². The molecule has 4 heteroatoms. The molecule has 15 heavy (non-hydrogen) atoms. The Labute approximate surface area is 98.6 Å². The number of hydrogen-bond acceptors (Lipinski definition) is 1. The lowest BCUT2D eigenvalue weighted by molar-refractivity contribution is -0.116. The van der Waals surface area contributed by atoms with E-state index in [1.807, 2.05) is 0 Å². The van der Waals surface area contributed by atoms with Gasteiger partial charge in [-0.3, -0.25) is 4.79 Å². The van der Waals surface area contributed by atoms with Gasteiger partial charge in [0, 0.05) is 17.9 Å². The van der Waals surface area contributed by atoms with Crippen molar-refractivity contribution in [3.8, 4) is 12.3 Å². The summed E-state index contributed by atoms with van der Waals surface area (Å²) in [6.45, 7) is 0. The minimum Gasteiger partial charge on any atom is -0.325 e. The molecule has 1 aromatic carbocycles. The monoisotopic (exact) mass is 241 g/mol. The zero-order valence-corrected chi connectivity index (χ0v) is 9.40. The van der Waals surface area contributed by atoms with Gasteiger partial charge in [0.2, 0.25) is 5.91 Å². The number of amides is 1. The van der Waals surface area contributed by atoms with E-state index in [-0.39, 0.29) is 12.3 Å². The van der Waals surface area contributed by atoms with Gasteiger partial charge in [-0.2, -0.15) is 0 Å². The van der Waals surface area contributed by atoms with Crippen molar-refractivity contribution in [2.45, 2.75) is 12.8 Å². The van der Waals surface area contributed by atoms with Gasteiger partial charge in [0.05, 0.1) is 10.7 Å². The number of halogens is 2. The van der Waals surface area contributed by atoms with Crippen molar-refractivity contribution in [1.82, 2.24) is 0 Å². The Morgan fingerprint density at radius 1 is 1.47 bits per heavy atom. The fraction of sp³-hybridized carbons (Fsp3) is 0.182. The van der Waals surface area contributed by atoms with Gasteiger partial charge in [-0.1, -0.05) is 23.2 Å². The molecule has 78 valence electrons. The highest BCUT2D eigenvalue weighted by atomic mass is 35.5. The van der Waals surface area contributed by atoms with E-state index in [1.165, 1.54) is 0 Å². The number of rotatable bonds is 3. The largest absolute Gasteiger partial charge is 0.325 e. The highest BCUT2D eigenvalue weighted by molar-refractivity contribution is 6.36. The quantitative estimate of drug-likeness (QED) is 0.809. The topological polar surface area (TPSA) is 29.1 Å². The van der Waals surface area contributed by atoms with E-state index in [0.29, 0.717) is 22.2 Å². The maximum Gasteiger partial charge on any atom is 0.225 e. The first-order valence-electron chi connectivity index (χ1n) is 4.32. The number of benzene rings is 1. The average Bonchev–Trinajstić information content (AvgIpc) is 2.19. The fourth-order valence-electron chi connectivity index (χ4n) is 0.989. The van der Waals surface area contributed by atoms with Crippen LogP contribution in [0.2, 0.25) is 10.0 Å². The molecule has 0 spiro atoms. The van der Waals surface area contributed by atoms with Gasteiger partial charge in [0.25, 0.3) is 0 Å². The molecule has 0 saturated carbocycles. The number of nitrogens with one attached hydrogen (secondary N) is 1. The van der Waals surface area contributed by atoms with Crippen LogP contribution in [-0.4, -0.2) is 5.91 Å². The number of terminal acetylenes is 1. The summed E-state index contributed by atoms with van der Waals surface area (Å²) >= 11 is 11.6. The standard InChI is InChI=1S/C11H9Cl2NO/c1-2-3-4-11(15)14-10-6-5-8(12)7-9(10)13/h1,5-7H,3-4H2,(H,14,15). The summed E-state index contributed by atoms with van der Waals surface area (Å²) in [5, 5.41) is 3.59. The third-order valence-electron chi connectivity index (χ3n) is 1.70. The van der Waals surface area contributed by atoms with Gasteiger partial charge in [0.15, 0.2) is 0 Å². The van der Waals surface area contributed by atoms with Gasteiger partial charge in [-0.15, -0.1) is 12.3 Å². The molecule has 2 nitrogen and oxygen atoms in total. The van der Waals surface area contributed by atoms with E-state index in [0.717, 1.165) is 0 Å². The molecule has 0 bridgehead atoms. The van der Waals surface area contributed by atoms with Crippen LogP contribution >= 0.6 is 23.2 Å². The van der Waals surface area contributed by atoms with Crippen LogP contribution in [0, 0.1) is 12.3 Å². The molecule has 1 rings (SSSR count). The van der Waals surface area contributed by atoms with Crippen LogP contribution in [-0.2, 0) is 4.79 Å². The molecule has 0 unspecified atom stereocenters. The second-order valence-corrected chi connectivity index (χ2v) is 3.72. The fourth-order valence-corrected chi connectivity index (χ4v) is 1.44. The maximum atomic E-state index is 11.3. The molecule has 0 fully saturated rings. The van der Waals surface area contributed by atoms with Gasteiger partial charge >= 0.3 is 0 Å². The van der Waals surface area contributed by atoms with Gasteiger partial charge in [-0.05, 0) is 18.2 Å². The SMILES string of the molecule is C#CCCC(=O)Nc1ccc(Cl)cc1Cl. The zero-order valence-electron chi connectivity index (χ0n) is 7.89. The van der Waals surface area contributed by atoms with E-state index in [1.54, 1.807) is 18.2 Å². The molecular formula is C11H9Cl2NO. The van der Waals surface area contributed by atoms with Crippen molar-refractivity contribution >= 4 is 34.8 Å². The molecule has 0 aliphatic heterocycles. The molecule has 0 aliphatic rings. The molecule has 1 amide bonds. The van der Waals surface area contributed by atoms with Crippen LogP contribution in [0.4, 0.5) is 5.69 Å². The molecule has 0 atom stereocenters. The van der Waals surface area contributed by atoms with Crippen molar-refractivity contribution in [3.05, 3.63) is 28.2 Å². The smallest absolute Gasteiger partial charge is 0.225 e. The van der Waals surface area contributed by atoms with Crippen LogP contribution in [0.5, 0.6) is 0 Å². The normalized spacial score (nSPS) is 9.40. The first-order valence-corrected chi connectivity index (χ1v) is 5.07. The highest BCUT2D eigenvalue weighted by Crippen LogP contribution is 2.25. The van der Waals surface area contributed by atoms with Crippen LogP contribution < -0.4 is 5.32 Å². The summed E-state index contributed by atoms with van der Waals surface area (Å²) in [6, 6.07) is 4.88. The molecule has 0 aliphatic carbocycles. The minimum absolute atomic E-state index is 0.155. The Kier molecular flexibility index (Phi) is 4.48. The molecule has 0 radical (unpaired) electrons. The van der Waals surface area contributed by atoms with Crippen molar-refractivity contribution in [1.29, 1.82) is 0 Å². The van der Waals surface area contributed by atoms with Crippen LogP contribution in [0.3, 0.4) is 0 Å². The summed E-state index contributed by atoms with van der Waals surface area (Å²) in [4.78, 5) is 11.3. The Hall–Kier alpha value is -1.17. The third kappa shape index (κ3) is 3.83. The third-order valence-corrected chi connectivity index (χ3v) is 2.25. The summed E-state index contributed by atoms with van der Waals surface area (Å²) in [5.74, 6) is 2.24. The Morgan fingerprint density at radius 2 is 2.20 bits per heavy atom. The second-order valence-electron chi connectivity index (χ2n) is 2.88.